The van der Waals surface area contributed by atoms with Crippen LogP contribution in [0.15, 0.2) is 5.51 Å². The molecule has 1 unspecified atom stereocenters. The fraction of sp³-hybridized carbons (Fsp3) is 0.583. The largest absolute Gasteiger partial charge is 0.481 e. The number of carboxylic acid groups (broad SMARTS) is 1. The quantitative estimate of drug-likeness (QED) is 0.929. The fourth-order valence-corrected chi connectivity index (χ4v) is 2.77. The van der Waals surface area contributed by atoms with Gasteiger partial charge >= 0.3 is 5.97 Å². The number of rotatable bonds is 4. The molecule has 8 heteroatoms. The molecule has 2 aromatic heterocycles. The molecule has 2 heterocycles. The molecule has 0 aliphatic carbocycles. The molecule has 7 nitrogen and oxygen atoms in total. The van der Waals surface area contributed by atoms with Crippen molar-refractivity contribution in [3.63, 3.8) is 0 Å². The van der Waals surface area contributed by atoms with Crippen molar-refractivity contribution >= 4 is 17.3 Å². The van der Waals surface area contributed by atoms with Gasteiger partial charge in [0.15, 0.2) is 5.82 Å². The summed E-state index contributed by atoms with van der Waals surface area (Å²) >= 11 is 1.45. The van der Waals surface area contributed by atoms with Gasteiger partial charge in [-0.1, -0.05) is 20.8 Å². The number of thiazole rings is 1. The first-order chi connectivity index (χ1) is 9.30. The maximum absolute atomic E-state index is 11.1. The van der Waals surface area contributed by atoms with Crippen LogP contribution in [0.5, 0.6) is 0 Å². The molecule has 2 rings (SSSR count). The second-order valence-corrected chi connectivity index (χ2v) is 6.55. The minimum absolute atomic E-state index is 0.0284. The van der Waals surface area contributed by atoms with Gasteiger partial charge in [0.1, 0.15) is 0 Å². The van der Waals surface area contributed by atoms with E-state index in [4.69, 9.17) is 5.11 Å². The summed E-state index contributed by atoms with van der Waals surface area (Å²) in [5.74, 6) is -0.293. The van der Waals surface area contributed by atoms with Gasteiger partial charge in [0.25, 0.3) is 0 Å². The molecule has 0 aliphatic rings. The van der Waals surface area contributed by atoms with E-state index < -0.39 is 5.97 Å². The molecule has 0 bridgehead atoms. The molecule has 1 N–H and O–H groups in total. The second-order valence-electron chi connectivity index (χ2n) is 5.69. The van der Waals surface area contributed by atoms with Gasteiger partial charge in [-0.2, -0.15) is 0 Å². The lowest BCUT2D eigenvalue weighted by Gasteiger charge is -2.29. The number of carbonyl (C=O) groups is 1. The molecule has 0 radical (unpaired) electrons. The molecular formula is C12H17N5O2S. The first-order valence-electron chi connectivity index (χ1n) is 6.21. The fourth-order valence-electron chi connectivity index (χ4n) is 1.99. The van der Waals surface area contributed by atoms with E-state index >= 15 is 0 Å². The van der Waals surface area contributed by atoms with Crippen LogP contribution >= 0.6 is 11.3 Å². The molecule has 0 amide bonds. The molecule has 0 saturated heterocycles. The molecule has 0 saturated carbocycles. The Morgan fingerprint density at radius 1 is 1.50 bits per heavy atom. The second kappa shape index (κ2) is 5.28. The molecule has 2 aromatic rings. The molecule has 0 aliphatic heterocycles. The zero-order valence-corrected chi connectivity index (χ0v) is 12.7. The zero-order valence-electron chi connectivity index (χ0n) is 11.9. The molecular weight excluding hydrogens is 278 g/mol. The minimum Gasteiger partial charge on any atom is -0.481 e. The van der Waals surface area contributed by atoms with Crippen LogP contribution in [0, 0.1) is 12.3 Å². The molecule has 0 spiro atoms. The van der Waals surface area contributed by atoms with E-state index in [-0.39, 0.29) is 17.9 Å². The van der Waals surface area contributed by atoms with Crippen molar-refractivity contribution < 1.29 is 9.90 Å². The van der Waals surface area contributed by atoms with Gasteiger partial charge in [0.05, 0.1) is 28.5 Å². The zero-order chi connectivity index (χ0) is 14.9. The Hall–Kier alpha value is -1.83. The number of hydrogen-bond donors (Lipinski definition) is 1. The van der Waals surface area contributed by atoms with Gasteiger partial charge in [-0.25, -0.2) is 9.67 Å². The first kappa shape index (κ1) is 14.6. The van der Waals surface area contributed by atoms with Crippen LogP contribution < -0.4 is 0 Å². The first-order valence-corrected chi connectivity index (χ1v) is 7.08. The Labute approximate surface area is 120 Å². The summed E-state index contributed by atoms with van der Waals surface area (Å²) in [6.07, 6.45) is -0.0284. The van der Waals surface area contributed by atoms with Crippen LogP contribution in [0.2, 0.25) is 0 Å². The molecule has 0 aromatic carbocycles. The van der Waals surface area contributed by atoms with Crippen molar-refractivity contribution in [2.24, 2.45) is 5.41 Å². The topological polar surface area (TPSA) is 93.8 Å². The molecule has 108 valence electrons. The van der Waals surface area contributed by atoms with Crippen LogP contribution in [0.3, 0.4) is 0 Å². The standard InChI is InChI=1S/C12H17N5O2S/c1-7-10(20-6-13-7)11-14-15-16-17(11)8(5-9(18)19)12(2,3)4/h6,8H,5H2,1-4H3,(H,18,19). The van der Waals surface area contributed by atoms with Crippen LogP contribution in [0.1, 0.15) is 38.9 Å². The lowest BCUT2D eigenvalue weighted by Crippen LogP contribution is -2.28. The smallest absolute Gasteiger partial charge is 0.305 e. The normalized spacial score (nSPS) is 13.4. The van der Waals surface area contributed by atoms with Gasteiger partial charge < -0.3 is 5.11 Å². The van der Waals surface area contributed by atoms with Gasteiger partial charge in [0.2, 0.25) is 0 Å². The SMILES string of the molecule is Cc1ncsc1-c1nnnn1C(CC(=O)O)C(C)(C)C. The Bertz CT molecular complexity index is 613. The maximum atomic E-state index is 11.1. The summed E-state index contributed by atoms with van der Waals surface area (Å²) < 4.78 is 1.61. The van der Waals surface area contributed by atoms with Crippen LogP contribution in [0.25, 0.3) is 10.7 Å². The monoisotopic (exact) mass is 295 g/mol. The number of aryl methyl sites for hydroxylation is 1. The minimum atomic E-state index is -0.868. The van der Waals surface area contributed by atoms with Gasteiger partial charge in [0, 0.05) is 0 Å². The number of aliphatic carboxylic acids is 1. The highest BCUT2D eigenvalue weighted by atomic mass is 32.1. The summed E-state index contributed by atoms with van der Waals surface area (Å²) in [4.78, 5) is 16.2. The summed E-state index contributed by atoms with van der Waals surface area (Å²) in [5, 5.41) is 20.9. The Morgan fingerprint density at radius 3 is 2.70 bits per heavy atom. The number of hydrogen-bond acceptors (Lipinski definition) is 6. The van der Waals surface area contributed by atoms with E-state index in [1.165, 1.54) is 11.3 Å². The average Bonchev–Trinajstić information content (AvgIpc) is 2.92. The highest BCUT2D eigenvalue weighted by Gasteiger charge is 2.32. The van der Waals surface area contributed by atoms with E-state index in [1.54, 1.807) is 10.2 Å². The highest BCUT2D eigenvalue weighted by Crippen LogP contribution is 2.36. The number of tetrazole rings is 1. The van der Waals surface area contributed by atoms with Gasteiger partial charge in [-0.05, 0) is 22.8 Å². The lowest BCUT2D eigenvalue weighted by molar-refractivity contribution is -0.138. The van der Waals surface area contributed by atoms with E-state index in [2.05, 4.69) is 20.5 Å². The molecule has 1 atom stereocenters. The van der Waals surface area contributed by atoms with Crippen LogP contribution in [-0.2, 0) is 4.79 Å². The van der Waals surface area contributed by atoms with Gasteiger partial charge in [-0.3, -0.25) is 4.79 Å². The molecule has 20 heavy (non-hydrogen) atoms. The van der Waals surface area contributed by atoms with Crippen molar-refractivity contribution in [2.75, 3.05) is 0 Å². The summed E-state index contributed by atoms with van der Waals surface area (Å²) in [6.45, 7) is 7.82. The third-order valence-corrected chi connectivity index (χ3v) is 4.03. The van der Waals surface area contributed by atoms with E-state index in [0.29, 0.717) is 5.82 Å². The van der Waals surface area contributed by atoms with Gasteiger partial charge in [-0.15, -0.1) is 16.4 Å². The predicted molar refractivity (Wildman–Crippen MR) is 74.4 cm³/mol. The highest BCUT2D eigenvalue weighted by molar-refractivity contribution is 7.13. The number of nitrogens with zero attached hydrogens (tertiary/aromatic N) is 5. The Morgan fingerprint density at radius 2 is 2.20 bits per heavy atom. The Balaban J connectivity index is 2.48. The van der Waals surface area contributed by atoms with E-state index in [9.17, 15) is 4.79 Å². The van der Waals surface area contributed by atoms with Crippen molar-refractivity contribution in [1.29, 1.82) is 0 Å². The summed E-state index contributed by atoms with van der Waals surface area (Å²) in [7, 11) is 0. The number of aromatic nitrogens is 5. The molecule has 0 fully saturated rings. The third kappa shape index (κ3) is 2.84. The average molecular weight is 295 g/mol. The maximum Gasteiger partial charge on any atom is 0.305 e. The van der Waals surface area contributed by atoms with Crippen molar-refractivity contribution in [3.8, 4) is 10.7 Å². The van der Waals surface area contributed by atoms with Crippen LogP contribution in [0.4, 0.5) is 0 Å². The lowest BCUT2D eigenvalue weighted by atomic mass is 9.85. The third-order valence-electron chi connectivity index (χ3n) is 3.10. The van der Waals surface area contributed by atoms with E-state index in [1.807, 2.05) is 27.7 Å². The predicted octanol–water partition coefficient (Wildman–Crippen LogP) is 2.17. The Kier molecular flexibility index (Phi) is 3.85. The van der Waals surface area contributed by atoms with E-state index in [0.717, 1.165) is 10.6 Å². The van der Waals surface area contributed by atoms with Crippen molar-refractivity contribution in [1.82, 2.24) is 25.2 Å². The summed E-state index contributed by atoms with van der Waals surface area (Å²) in [6, 6.07) is -0.327. The van der Waals surface area contributed by atoms with Crippen molar-refractivity contribution in [3.05, 3.63) is 11.2 Å². The van der Waals surface area contributed by atoms with Crippen molar-refractivity contribution in [2.45, 2.75) is 40.2 Å². The number of carboxylic acids is 1. The van der Waals surface area contributed by atoms with Crippen LogP contribution in [-0.4, -0.2) is 36.3 Å². The summed E-state index contributed by atoms with van der Waals surface area (Å²) in [5.41, 5.74) is 2.29.